The van der Waals surface area contributed by atoms with Crippen LogP contribution in [0.2, 0.25) is 0 Å². The first kappa shape index (κ1) is 22.2. The third-order valence-corrected chi connectivity index (χ3v) is 4.89. The first-order valence-corrected chi connectivity index (χ1v) is 10.4. The van der Waals surface area contributed by atoms with Gasteiger partial charge in [0.1, 0.15) is 6.04 Å². The van der Waals surface area contributed by atoms with Gasteiger partial charge >= 0.3 is 0 Å². The highest BCUT2D eigenvalue weighted by Gasteiger charge is 2.16. The molecule has 2 N–H and O–H groups in total. The fourth-order valence-corrected chi connectivity index (χ4v) is 3.09. The maximum absolute atomic E-state index is 12.3. The Balaban J connectivity index is 1.41. The molecule has 0 aliphatic heterocycles. The first-order valence-electron chi connectivity index (χ1n) is 10.4. The van der Waals surface area contributed by atoms with Gasteiger partial charge in [-0.25, -0.2) is 0 Å². The van der Waals surface area contributed by atoms with E-state index in [2.05, 4.69) is 10.6 Å². The monoisotopic (exact) mass is 416 g/mol. The molecule has 5 nitrogen and oxygen atoms in total. The van der Waals surface area contributed by atoms with Gasteiger partial charge in [0.2, 0.25) is 5.91 Å². The summed E-state index contributed by atoms with van der Waals surface area (Å²) in [5.74, 6) is -0.484. The van der Waals surface area contributed by atoms with Crippen LogP contribution in [0.5, 0.6) is 0 Å². The van der Waals surface area contributed by atoms with Crippen LogP contribution in [0, 0.1) is 6.92 Å². The largest absolute Gasteiger partial charge is 0.372 e. The molecule has 160 valence electrons. The van der Waals surface area contributed by atoms with Crippen molar-refractivity contribution in [1.29, 1.82) is 0 Å². The number of ether oxygens (including phenoxy) is 1. The zero-order valence-corrected chi connectivity index (χ0v) is 17.9. The Morgan fingerprint density at radius 1 is 0.839 bits per heavy atom. The number of nitrogens with one attached hydrogen (secondary N) is 2. The van der Waals surface area contributed by atoms with E-state index in [9.17, 15) is 9.59 Å². The number of benzene rings is 3. The molecule has 3 aromatic rings. The molecular formula is C26H28N2O3. The average molecular weight is 417 g/mol. The molecule has 0 aliphatic carbocycles. The lowest BCUT2D eigenvalue weighted by molar-refractivity contribution is -0.122. The molecule has 31 heavy (non-hydrogen) atoms. The van der Waals surface area contributed by atoms with Gasteiger partial charge in [-0.15, -0.1) is 0 Å². The summed E-state index contributed by atoms with van der Waals surface area (Å²) in [6, 6.07) is 24.6. The Morgan fingerprint density at radius 2 is 1.48 bits per heavy atom. The van der Waals surface area contributed by atoms with Crippen molar-refractivity contribution >= 4 is 11.8 Å². The molecule has 3 rings (SSSR count). The summed E-state index contributed by atoms with van der Waals surface area (Å²) in [6.45, 7) is 5.10. The second-order valence-corrected chi connectivity index (χ2v) is 7.58. The molecule has 2 amide bonds. The molecule has 5 heteroatoms. The van der Waals surface area contributed by atoms with E-state index in [0.29, 0.717) is 25.3 Å². The second-order valence-electron chi connectivity index (χ2n) is 7.58. The van der Waals surface area contributed by atoms with Crippen LogP contribution in [0.1, 0.15) is 39.5 Å². The van der Waals surface area contributed by atoms with Crippen LogP contribution in [0.25, 0.3) is 0 Å². The third-order valence-electron chi connectivity index (χ3n) is 4.89. The summed E-state index contributed by atoms with van der Waals surface area (Å²) in [5, 5.41) is 5.60. The zero-order valence-electron chi connectivity index (χ0n) is 17.9. The molecule has 0 heterocycles. The number of rotatable bonds is 9. The molecule has 0 bridgehead atoms. The molecule has 0 radical (unpaired) electrons. The predicted molar refractivity (Wildman–Crippen MR) is 121 cm³/mol. The van der Waals surface area contributed by atoms with Gasteiger partial charge in [-0.1, -0.05) is 72.3 Å². The fourth-order valence-electron chi connectivity index (χ4n) is 3.09. The SMILES string of the molecule is Cc1cccc(C(=O)NC(C)C(=O)NCc2ccc(COCc3ccccc3)cc2)c1. The van der Waals surface area contributed by atoms with E-state index in [0.717, 1.165) is 22.3 Å². The van der Waals surface area contributed by atoms with Crippen LogP contribution in [-0.2, 0) is 29.3 Å². The Hall–Kier alpha value is -3.44. The number of carbonyl (C=O) groups excluding carboxylic acids is 2. The van der Waals surface area contributed by atoms with Gasteiger partial charge in [-0.3, -0.25) is 9.59 Å². The highest BCUT2D eigenvalue weighted by atomic mass is 16.5. The molecule has 0 aromatic heterocycles. The van der Waals surface area contributed by atoms with Gasteiger partial charge in [0.25, 0.3) is 5.91 Å². The van der Waals surface area contributed by atoms with Crippen molar-refractivity contribution in [2.24, 2.45) is 0 Å². The third kappa shape index (κ3) is 7.08. The lowest BCUT2D eigenvalue weighted by Crippen LogP contribution is -2.44. The van der Waals surface area contributed by atoms with Gasteiger partial charge < -0.3 is 15.4 Å². The van der Waals surface area contributed by atoms with Crippen molar-refractivity contribution in [2.45, 2.75) is 39.6 Å². The summed E-state index contributed by atoms with van der Waals surface area (Å²) in [4.78, 5) is 24.6. The summed E-state index contributed by atoms with van der Waals surface area (Å²) in [7, 11) is 0. The molecule has 1 unspecified atom stereocenters. The standard InChI is InChI=1S/C26H28N2O3/c1-19-7-6-10-24(15-19)26(30)28-20(2)25(29)27-16-21-11-13-23(14-12-21)18-31-17-22-8-4-3-5-9-22/h3-15,20H,16-18H2,1-2H3,(H,27,29)(H,28,30). The lowest BCUT2D eigenvalue weighted by atomic mass is 10.1. The number of carbonyl (C=O) groups is 2. The van der Waals surface area contributed by atoms with Crippen LogP contribution in [0.15, 0.2) is 78.9 Å². The Bertz CT molecular complexity index is 1000. The van der Waals surface area contributed by atoms with E-state index < -0.39 is 6.04 Å². The molecule has 0 aliphatic rings. The Labute approximate surface area is 183 Å². The van der Waals surface area contributed by atoms with E-state index in [4.69, 9.17) is 4.74 Å². The van der Waals surface area contributed by atoms with E-state index >= 15 is 0 Å². The molecule has 0 saturated carbocycles. The van der Waals surface area contributed by atoms with Crippen molar-refractivity contribution in [3.05, 3.63) is 107 Å². The quantitative estimate of drug-likeness (QED) is 0.551. The second kappa shape index (κ2) is 11.1. The van der Waals surface area contributed by atoms with Gasteiger partial charge in [0.05, 0.1) is 13.2 Å². The Kier molecular flexibility index (Phi) is 7.96. The summed E-state index contributed by atoms with van der Waals surface area (Å²) >= 11 is 0. The smallest absolute Gasteiger partial charge is 0.251 e. The maximum atomic E-state index is 12.3. The zero-order chi connectivity index (χ0) is 22.1. The van der Waals surface area contributed by atoms with Crippen molar-refractivity contribution in [1.82, 2.24) is 10.6 Å². The minimum Gasteiger partial charge on any atom is -0.372 e. The van der Waals surface area contributed by atoms with Gasteiger partial charge in [-0.05, 0) is 42.7 Å². The van der Waals surface area contributed by atoms with E-state index in [1.54, 1.807) is 19.1 Å². The normalized spacial score (nSPS) is 11.5. The minimum absolute atomic E-state index is 0.226. The van der Waals surface area contributed by atoms with Gasteiger partial charge in [0, 0.05) is 12.1 Å². The van der Waals surface area contributed by atoms with Crippen LogP contribution >= 0.6 is 0 Å². The maximum Gasteiger partial charge on any atom is 0.251 e. The highest BCUT2D eigenvalue weighted by Crippen LogP contribution is 2.09. The molecule has 1 atom stereocenters. The van der Waals surface area contributed by atoms with E-state index in [-0.39, 0.29) is 11.8 Å². The molecule has 0 spiro atoms. The van der Waals surface area contributed by atoms with Crippen LogP contribution in [0.3, 0.4) is 0 Å². The van der Waals surface area contributed by atoms with Crippen molar-refractivity contribution < 1.29 is 14.3 Å². The van der Waals surface area contributed by atoms with Crippen LogP contribution < -0.4 is 10.6 Å². The summed E-state index contributed by atoms with van der Waals surface area (Å²) in [5.41, 5.74) is 4.75. The topological polar surface area (TPSA) is 67.4 Å². The number of aryl methyl sites for hydroxylation is 1. The summed E-state index contributed by atoms with van der Waals surface area (Å²) in [6.07, 6.45) is 0. The van der Waals surface area contributed by atoms with Crippen LogP contribution in [0.4, 0.5) is 0 Å². The number of amides is 2. The summed E-state index contributed by atoms with van der Waals surface area (Å²) < 4.78 is 5.75. The Morgan fingerprint density at radius 3 is 2.16 bits per heavy atom. The molecule has 0 saturated heterocycles. The average Bonchev–Trinajstić information content (AvgIpc) is 2.79. The fraction of sp³-hybridized carbons (Fsp3) is 0.231. The first-order chi connectivity index (χ1) is 15.0. The van der Waals surface area contributed by atoms with Crippen molar-refractivity contribution in [2.75, 3.05) is 0 Å². The van der Waals surface area contributed by atoms with Crippen molar-refractivity contribution in [3.8, 4) is 0 Å². The minimum atomic E-state index is -0.626. The molecular weight excluding hydrogens is 388 g/mol. The lowest BCUT2D eigenvalue weighted by Gasteiger charge is -2.14. The van der Waals surface area contributed by atoms with Gasteiger partial charge in [0.15, 0.2) is 0 Å². The van der Waals surface area contributed by atoms with E-state index in [1.165, 1.54) is 0 Å². The number of hydrogen-bond donors (Lipinski definition) is 2. The van der Waals surface area contributed by atoms with Crippen molar-refractivity contribution in [3.63, 3.8) is 0 Å². The highest BCUT2D eigenvalue weighted by molar-refractivity contribution is 5.97. The van der Waals surface area contributed by atoms with E-state index in [1.807, 2.05) is 73.7 Å². The van der Waals surface area contributed by atoms with Crippen LogP contribution in [-0.4, -0.2) is 17.9 Å². The molecule has 0 fully saturated rings. The predicted octanol–water partition coefficient (Wildman–Crippen LogP) is 4.15. The molecule has 3 aromatic carbocycles. The van der Waals surface area contributed by atoms with Gasteiger partial charge in [-0.2, -0.15) is 0 Å². The number of hydrogen-bond acceptors (Lipinski definition) is 3.